The Hall–Kier alpha value is -3.17. The highest BCUT2D eigenvalue weighted by molar-refractivity contribution is 9.10. The molecule has 0 spiro atoms. The van der Waals surface area contributed by atoms with Crippen LogP contribution in [0.1, 0.15) is 43.7 Å². The number of benzene rings is 3. The zero-order valence-electron chi connectivity index (χ0n) is 22.2. The van der Waals surface area contributed by atoms with Crippen molar-refractivity contribution in [2.24, 2.45) is 0 Å². The average molecular weight is 613 g/mol. The summed E-state index contributed by atoms with van der Waals surface area (Å²) < 4.78 is 29.4. The van der Waals surface area contributed by atoms with Gasteiger partial charge in [0.25, 0.3) is 10.0 Å². The summed E-state index contributed by atoms with van der Waals surface area (Å²) in [5, 5.41) is 3.09. The van der Waals surface area contributed by atoms with Gasteiger partial charge in [0.05, 0.1) is 10.6 Å². The van der Waals surface area contributed by atoms with Gasteiger partial charge in [-0.25, -0.2) is 8.42 Å². The third-order valence-corrected chi connectivity index (χ3v) is 9.33. The number of sulfonamides is 1. The molecule has 0 heterocycles. The molecule has 1 saturated carbocycles. The van der Waals surface area contributed by atoms with Crippen molar-refractivity contribution in [3.05, 3.63) is 94.5 Å². The Morgan fingerprint density at radius 1 is 0.974 bits per heavy atom. The lowest BCUT2D eigenvalue weighted by molar-refractivity contribution is -0.139. The Bertz CT molecular complexity index is 1390. The summed E-state index contributed by atoms with van der Waals surface area (Å²) in [6, 6.07) is 21.9. The normalized spacial score (nSPS) is 14.5. The molecule has 1 N–H and O–H groups in total. The quantitative estimate of drug-likeness (QED) is 0.331. The zero-order chi connectivity index (χ0) is 28.0. The van der Waals surface area contributed by atoms with Crippen LogP contribution in [-0.4, -0.2) is 43.8 Å². The second-order valence-corrected chi connectivity index (χ2v) is 12.8. The predicted molar refractivity (Wildman–Crippen MR) is 157 cm³/mol. The van der Waals surface area contributed by atoms with Crippen molar-refractivity contribution in [3.63, 3.8) is 0 Å². The average Bonchev–Trinajstić information content (AvgIpc) is 3.44. The van der Waals surface area contributed by atoms with Crippen LogP contribution < -0.4 is 9.62 Å². The van der Waals surface area contributed by atoms with E-state index in [0.717, 1.165) is 41.1 Å². The number of hydrogen-bond acceptors (Lipinski definition) is 4. The van der Waals surface area contributed by atoms with Crippen LogP contribution in [0.3, 0.4) is 0 Å². The van der Waals surface area contributed by atoms with Gasteiger partial charge in [0.2, 0.25) is 11.8 Å². The van der Waals surface area contributed by atoms with Crippen molar-refractivity contribution >= 4 is 43.5 Å². The van der Waals surface area contributed by atoms with Gasteiger partial charge in [-0.05, 0) is 62.6 Å². The molecule has 0 aliphatic heterocycles. The molecule has 3 aromatic rings. The van der Waals surface area contributed by atoms with Gasteiger partial charge in [-0.1, -0.05) is 82.9 Å². The molecule has 39 heavy (non-hydrogen) atoms. The van der Waals surface area contributed by atoms with Gasteiger partial charge in [-0.2, -0.15) is 0 Å². The Labute approximate surface area is 239 Å². The number of carbonyl (C=O) groups is 2. The lowest BCUT2D eigenvalue weighted by Crippen LogP contribution is -2.52. The maximum Gasteiger partial charge on any atom is 0.264 e. The highest BCUT2D eigenvalue weighted by Crippen LogP contribution is 2.27. The minimum atomic E-state index is -4.08. The van der Waals surface area contributed by atoms with Crippen molar-refractivity contribution in [1.29, 1.82) is 0 Å². The van der Waals surface area contributed by atoms with Crippen LogP contribution in [0.2, 0.25) is 0 Å². The molecule has 7 nitrogen and oxygen atoms in total. The lowest BCUT2D eigenvalue weighted by Gasteiger charge is -2.32. The molecule has 1 aliphatic carbocycles. The molecule has 3 aromatic carbocycles. The molecule has 0 saturated heterocycles. The predicted octanol–water partition coefficient (Wildman–Crippen LogP) is 5.43. The van der Waals surface area contributed by atoms with Gasteiger partial charge in [0.15, 0.2) is 0 Å². The smallest absolute Gasteiger partial charge is 0.264 e. The first kappa shape index (κ1) is 28.8. The monoisotopic (exact) mass is 611 g/mol. The first-order valence-corrected chi connectivity index (χ1v) is 15.4. The van der Waals surface area contributed by atoms with E-state index in [0.29, 0.717) is 10.2 Å². The number of nitrogens with one attached hydrogen (secondary N) is 1. The van der Waals surface area contributed by atoms with Crippen LogP contribution in [0.5, 0.6) is 0 Å². The first-order valence-electron chi connectivity index (χ1n) is 13.1. The van der Waals surface area contributed by atoms with E-state index in [-0.39, 0.29) is 23.4 Å². The van der Waals surface area contributed by atoms with Gasteiger partial charge in [-0.3, -0.25) is 13.9 Å². The van der Waals surface area contributed by atoms with E-state index in [9.17, 15) is 18.0 Å². The Balaban J connectivity index is 1.67. The molecule has 1 fully saturated rings. The molecule has 0 bridgehead atoms. The first-order chi connectivity index (χ1) is 18.6. The fraction of sp³-hybridized carbons (Fsp3) is 0.333. The van der Waals surface area contributed by atoms with Crippen LogP contribution in [-0.2, 0) is 26.2 Å². The van der Waals surface area contributed by atoms with Crippen LogP contribution in [0, 0.1) is 6.92 Å². The molecule has 0 radical (unpaired) electrons. The van der Waals surface area contributed by atoms with Crippen LogP contribution in [0.25, 0.3) is 0 Å². The maximum absolute atomic E-state index is 14.0. The lowest BCUT2D eigenvalue weighted by atomic mass is 10.1. The van der Waals surface area contributed by atoms with Gasteiger partial charge < -0.3 is 10.2 Å². The number of anilines is 1. The summed E-state index contributed by atoms with van der Waals surface area (Å²) in [4.78, 5) is 28.8. The van der Waals surface area contributed by atoms with Gasteiger partial charge in [0, 0.05) is 17.1 Å². The Morgan fingerprint density at radius 2 is 1.64 bits per heavy atom. The van der Waals surface area contributed by atoms with Crippen LogP contribution in [0.4, 0.5) is 5.69 Å². The second-order valence-electron chi connectivity index (χ2n) is 9.98. The topological polar surface area (TPSA) is 86.8 Å². The number of carbonyl (C=O) groups excluding carboxylic acids is 2. The molecule has 0 unspecified atom stereocenters. The molecule has 2 amide bonds. The Kier molecular flexibility index (Phi) is 9.45. The van der Waals surface area contributed by atoms with Crippen molar-refractivity contribution in [1.82, 2.24) is 10.2 Å². The Morgan fingerprint density at radius 3 is 2.28 bits per heavy atom. The van der Waals surface area contributed by atoms with Crippen molar-refractivity contribution < 1.29 is 18.0 Å². The summed E-state index contributed by atoms with van der Waals surface area (Å²) in [6.07, 6.45) is 4.00. The summed E-state index contributed by atoms with van der Waals surface area (Å²) >= 11 is 3.41. The summed E-state index contributed by atoms with van der Waals surface area (Å²) in [5.74, 6) is -0.702. The van der Waals surface area contributed by atoms with E-state index < -0.39 is 28.5 Å². The number of hydrogen-bond donors (Lipinski definition) is 1. The molecular weight excluding hydrogens is 578 g/mol. The maximum atomic E-state index is 14.0. The zero-order valence-corrected chi connectivity index (χ0v) is 24.6. The largest absolute Gasteiger partial charge is 0.352 e. The summed E-state index contributed by atoms with van der Waals surface area (Å²) in [6.45, 7) is 3.40. The molecule has 0 aromatic heterocycles. The van der Waals surface area contributed by atoms with Crippen molar-refractivity contribution in [2.45, 2.75) is 63.1 Å². The highest BCUT2D eigenvalue weighted by atomic mass is 79.9. The van der Waals surface area contributed by atoms with Gasteiger partial charge >= 0.3 is 0 Å². The van der Waals surface area contributed by atoms with E-state index in [4.69, 9.17) is 0 Å². The SMILES string of the molecule is Cc1ccc(CN(C(=O)CN(c2cccc(Br)c2)S(=O)(=O)c2ccccc2)[C@@H](C)C(=O)NC2CCCC2)cc1. The number of rotatable bonds is 10. The van der Waals surface area contributed by atoms with Crippen LogP contribution >= 0.6 is 15.9 Å². The van der Waals surface area contributed by atoms with E-state index in [1.165, 1.54) is 17.0 Å². The number of amides is 2. The molecule has 1 atom stereocenters. The van der Waals surface area contributed by atoms with Crippen molar-refractivity contribution in [3.8, 4) is 0 Å². The minimum Gasteiger partial charge on any atom is -0.352 e. The van der Waals surface area contributed by atoms with E-state index in [1.807, 2.05) is 31.2 Å². The molecule has 4 rings (SSSR count). The fourth-order valence-corrected chi connectivity index (χ4v) is 6.56. The fourth-order valence-electron chi connectivity index (χ4n) is 4.74. The van der Waals surface area contributed by atoms with E-state index in [2.05, 4.69) is 21.2 Å². The number of aryl methyl sites for hydroxylation is 1. The van der Waals surface area contributed by atoms with Gasteiger partial charge in [0.1, 0.15) is 12.6 Å². The van der Waals surface area contributed by atoms with Crippen LogP contribution in [0.15, 0.2) is 88.2 Å². The van der Waals surface area contributed by atoms with E-state index in [1.54, 1.807) is 49.4 Å². The second kappa shape index (κ2) is 12.8. The molecule has 206 valence electrons. The number of nitrogens with zero attached hydrogens (tertiary/aromatic N) is 2. The highest BCUT2D eigenvalue weighted by Gasteiger charge is 2.33. The third-order valence-electron chi connectivity index (χ3n) is 7.05. The van der Waals surface area contributed by atoms with E-state index >= 15 is 0 Å². The number of halogens is 1. The summed E-state index contributed by atoms with van der Waals surface area (Å²) in [5.41, 5.74) is 2.28. The third kappa shape index (κ3) is 7.28. The van der Waals surface area contributed by atoms with Gasteiger partial charge in [-0.15, -0.1) is 0 Å². The minimum absolute atomic E-state index is 0.0786. The van der Waals surface area contributed by atoms with Crippen molar-refractivity contribution in [2.75, 3.05) is 10.8 Å². The standard InChI is InChI=1S/C30H34BrN3O4S/c1-22-15-17-24(18-16-22)20-33(23(2)30(36)32-26-10-6-7-11-26)29(35)21-34(27-12-8-9-25(31)19-27)39(37,38)28-13-4-3-5-14-28/h3-5,8-9,12-19,23,26H,6-7,10-11,20-21H2,1-2H3,(H,32,36)/t23-/m0/s1. The molecule has 1 aliphatic rings. The summed E-state index contributed by atoms with van der Waals surface area (Å²) in [7, 11) is -4.08. The molecular formula is C30H34BrN3O4S. The molecule has 9 heteroatoms.